The van der Waals surface area contributed by atoms with Crippen molar-refractivity contribution in [2.75, 3.05) is 13.6 Å². The Bertz CT molecular complexity index is 277. The van der Waals surface area contributed by atoms with Crippen LogP contribution in [-0.2, 0) is 0 Å². The molecule has 2 rings (SSSR count). The van der Waals surface area contributed by atoms with Crippen LogP contribution in [0.1, 0.15) is 58.3 Å². The second-order valence-electron chi connectivity index (χ2n) is 6.20. The summed E-state index contributed by atoms with van der Waals surface area (Å²) < 4.78 is 0. The number of guanidine groups is 1. The van der Waals surface area contributed by atoms with Crippen molar-refractivity contribution in [1.82, 2.24) is 10.6 Å². The van der Waals surface area contributed by atoms with Gasteiger partial charge in [0.05, 0.1) is 0 Å². The summed E-state index contributed by atoms with van der Waals surface area (Å²) in [5.41, 5.74) is 0. The molecule has 0 aromatic carbocycles. The molecule has 3 nitrogen and oxygen atoms in total. The zero-order valence-corrected chi connectivity index (χ0v) is 14.8. The third-order valence-corrected chi connectivity index (χ3v) is 4.28. The van der Waals surface area contributed by atoms with Gasteiger partial charge in [-0.1, -0.05) is 32.6 Å². The Morgan fingerprint density at radius 3 is 2.63 bits per heavy atom. The lowest BCUT2D eigenvalue weighted by Gasteiger charge is -2.28. The molecule has 2 unspecified atom stereocenters. The molecule has 0 aromatic rings. The van der Waals surface area contributed by atoms with E-state index in [1.54, 1.807) is 0 Å². The molecule has 0 aliphatic heterocycles. The number of aliphatic imine (C=N–C) groups is 1. The first-order valence-electron chi connectivity index (χ1n) is 7.75. The van der Waals surface area contributed by atoms with Crippen LogP contribution in [0.15, 0.2) is 4.99 Å². The van der Waals surface area contributed by atoms with Crippen molar-refractivity contribution in [2.24, 2.45) is 16.8 Å². The minimum Gasteiger partial charge on any atom is -0.356 e. The molecule has 112 valence electrons. The van der Waals surface area contributed by atoms with Crippen LogP contribution in [0.4, 0.5) is 0 Å². The molecule has 0 saturated heterocycles. The number of hydrogen-bond donors (Lipinski definition) is 2. The molecule has 4 heteroatoms. The van der Waals surface area contributed by atoms with Crippen molar-refractivity contribution in [1.29, 1.82) is 0 Å². The van der Waals surface area contributed by atoms with Crippen LogP contribution in [-0.4, -0.2) is 25.6 Å². The van der Waals surface area contributed by atoms with Crippen LogP contribution in [0.25, 0.3) is 0 Å². The van der Waals surface area contributed by atoms with Crippen LogP contribution < -0.4 is 10.6 Å². The van der Waals surface area contributed by atoms with Gasteiger partial charge in [0.15, 0.2) is 5.96 Å². The molecule has 0 bridgehead atoms. The van der Waals surface area contributed by atoms with E-state index in [4.69, 9.17) is 0 Å². The average molecular weight is 379 g/mol. The molecule has 0 amide bonds. The molecular formula is C15H30IN3. The lowest BCUT2D eigenvalue weighted by Crippen LogP contribution is -2.45. The predicted octanol–water partition coefficient (Wildman–Crippen LogP) is 3.54. The maximum absolute atomic E-state index is 4.33. The molecule has 2 saturated carbocycles. The molecule has 2 aliphatic carbocycles. The van der Waals surface area contributed by atoms with Crippen LogP contribution in [0.2, 0.25) is 0 Å². The third kappa shape index (κ3) is 6.82. The normalized spacial score (nSPS) is 27.6. The van der Waals surface area contributed by atoms with Crippen LogP contribution >= 0.6 is 24.0 Å². The SMILES string of the molecule is CN=C(NCCCC1CC1)NC1CCCC(C)C1.I. The summed E-state index contributed by atoms with van der Waals surface area (Å²) in [6, 6.07) is 0.628. The third-order valence-electron chi connectivity index (χ3n) is 4.28. The van der Waals surface area contributed by atoms with E-state index in [2.05, 4.69) is 22.5 Å². The lowest BCUT2D eigenvalue weighted by atomic mass is 9.87. The van der Waals surface area contributed by atoms with Gasteiger partial charge in [0, 0.05) is 19.6 Å². The molecule has 2 fully saturated rings. The zero-order valence-electron chi connectivity index (χ0n) is 12.5. The standard InChI is InChI=1S/C15H29N3.HI/c1-12-5-3-7-14(11-12)18-15(16-2)17-10-4-6-13-8-9-13;/h12-14H,3-11H2,1-2H3,(H2,16,17,18);1H. The smallest absolute Gasteiger partial charge is 0.191 e. The Kier molecular flexibility index (Phi) is 8.11. The van der Waals surface area contributed by atoms with E-state index in [1.165, 1.54) is 51.4 Å². The summed E-state index contributed by atoms with van der Waals surface area (Å²) in [6.07, 6.45) is 11.0. The second-order valence-corrected chi connectivity index (χ2v) is 6.20. The summed E-state index contributed by atoms with van der Waals surface area (Å²) >= 11 is 0. The van der Waals surface area contributed by atoms with E-state index in [0.29, 0.717) is 6.04 Å². The number of halogens is 1. The number of nitrogens with zero attached hydrogens (tertiary/aromatic N) is 1. The number of rotatable bonds is 5. The summed E-state index contributed by atoms with van der Waals surface area (Å²) in [7, 11) is 1.88. The van der Waals surface area contributed by atoms with Crippen molar-refractivity contribution in [3.05, 3.63) is 0 Å². The summed E-state index contributed by atoms with van der Waals surface area (Å²) in [5, 5.41) is 7.03. The van der Waals surface area contributed by atoms with E-state index in [1.807, 2.05) is 7.05 Å². The molecule has 0 heterocycles. The lowest BCUT2D eigenvalue weighted by molar-refractivity contribution is 0.324. The summed E-state index contributed by atoms with van der Waals surface area (Å²) in [5.74, 6) is 2.91. The van der Waals surface area contributed by atoms with Gasteiger partial charge in [-0.2, -0.15) is 0 Å². The molecule has 0 spiro atoms. The fraction of sp³-hybridized carbons (Fsp3) is 0.933. The average Bonchev–Trinajstić information content (AvgIpc) is 3.17. The highest BCUT2D eigenvalue weighted by Crippen LogP contribution is 2.33. The van der Waals surface area contributed by atoms with E-state index >= 15 is 0 Å². The second kappa shape index (κ2) is 9.03. The largest absolute Gasteiger partial charge is 0.356 e. The van der Waals surface area contributed by atoms with Gasteiger partial charge in [-0.3, -0.25) is 4.99 Å². The Hall–Kier alpha value is 0. The van der Waals surface area contributed by atoms with Crippen molar-refractivity contribution >= 4 is 29.9 Å². The van der Waals surface area contributed by atoms with E-state index in [9.17, 15) is 0 Å². The highest BCUT2D eigenvalue weighted by Gasteiger charge is 2.21. The van der Waals surface area contributed by atoms with Gasteiger partial charge in [-0.25, -0.2) is 0 Å². The molecule has 2 aliphatic rings. The number of nitrogens with one attached hydrogen (secondary N) is 2. The zero-order chi connectivity index (χ0) is 12.8. The Balaban J connectivity index is 0.00000180. The van der Waals surface area contributed by atoms with E-state index < -0.39 is 0 Å². The minimum atomic E-state index is 0. The van der Waals surface area contributed by atoms with Crippen molar-refractivity contribution in [3.8, 4) is 0 Å². The van der Waals surface area contributed by atoms with E-state index in [-0.39, 0.29) is 24.0 Å². The highest BCUT2D eigenvalue weighted by atomic mass is 127. The van der Waals surface area contributed by atoms with Gasteiger partial charge < -0.3 is 10.6 Å². The molecule has 0 radical (unpaired) electrons. The Labute approximate surface area is 135 Å². The van der Waals surface area contributed by atoms with Crippen molar-refractivity contribution in [3.63, 3.8) is 0 Å². The maximum Gasteiger partial charge on any atom is 0.191 e. The van der Waals surface area contributed by atoms with Crippen LogP contribution in [0.5, 0.6) is 0 Å². The maximum atomic E-state index is 4.33. The van der Waals surface area contributed by atoms with Crippen LogP contribution in [0, 0.1) is 11.8 Å². The monoisotopic (exact) mass is 379 g/mol. The topological polar surface area (TPSA) is 36.4 Å². The quantitative estimate of drug-likeness (QED) is 0.332. The van der Waals surface area contributed by atoms with Gasteiger partial charge in [0.2, 0.25) is 0 Å². The van der Waals surface area contributed by atoms with Gasteiger partial charge in [0.1, 0.15) is 0 Å². The molecular weight excluding hydrogens is 349 g/mol. The first-order valence-corrected chi connectivity index (χ1v) is 7.75. The minimum absolute atomic E-state index is 0. The molecule has 2 atom stereocenters. The predicted molar refractivity (Wildman–Crippen MR) is 93.3 cm³/mol. The fourth-order valence-electron chi connectivity index (χ4n) is 2.96. The van der Waals surface area contributed by atoms with Crippen LogP contribution in [0.3, 0.4) is 0 Å². The van der Waals surface area contributed by atoms with Gasteiger partial charge in [0.25, 0.3) is 0 Å². The fourth-order valence-corrected chi connectivity index (χ4v) is 2.96. The Morgan fingerprint density at radius 2 is 2.00 bits per heavy atom. The summed E-state index contributed by atoms with van der Waals surface area (Å²) in [4.78, 5) is 4.33. The first-order chi connectivity index (χ1) is 8.78. The highest BCUT2D eigenvalue weighted by molar-refractivity contribution is 14.0. The first kappa shape index (κ1) is 17.1. The molecule has 19 heavy (non-hydrogen) atoms. The van der Waals surface area contributed by atoms with Crippen molar-refractivity contribution < 1.29 is 0 Å². The number of hydrogen-bond acceptors (Lipinski definition) is 1. The van der Waals surface area contributed by atoms with Gasteiger partial charge in [-0.15, -0.1) is 24.0 Å². The molecule has 2 N–H and O–H groups in total. The van der Waals surface area contributed by atoms with Gasteiger partial charge in [-0.05, 0) is 37.5 Å². The van der Waals surface area contributed by atoms with Gasteiger partial charge >= 0.3 is 0 Å². The Morgan fingerprint density at radius 1 is 1.21 bits per heavy atom. The summed E-state index contributed by atoms with van der Waals surface area (Å²) in [6.45, 7) is 3.43. The van der Waals surface area contributed by atoms with E-state index in [0.717, 1.165) is 24.3 Å². The molecule has 0 aromatic heterocycles. The van der Waals surface area contributed by atoms with Crippen molar-refractivity contribution in [2.45, 2.75) is 64.3 Å².